The highest BCUT2D eigenvalue weighted by Crippen LogP contribution is 2.22. The molecule has 0 fully saturated rings. The minimum atomic E-state index is -3.80. The fourth-order valence-corrected chi connectivity index (χ4v) is 4.00. The van der Waals surface area contributed by atoms with E-state index in [1.165, 1.54) is 6.07 Å². The summed E-state index contributed by atoms with van der Waals surface area (Å²) < 4.78 is 28.3. The van der Waals surface area contributed by atoms with Gasteiger partial charge in [-0.25, -0.2) is 8.42 Å². The number of benzene rings is 2. The first kappa shape index (κ1) is 20.0. The number of nitrogens with one attached hydrogen (secondary N) is 2. The van der Waals surface area contributed by atoms with E-state index in [2.05, 4.69) is 10.0 Å². The molecule has 1 atom stereocenters. The van der Waals surface area contributed by atoms with Crippen LogP contribution in [-0.4, -0.2) is 20.4 Å². The van der Waals surface area contributed by atoms with E-state index in [1.54, 1.807) is 31.2 Å². The van der Waals surface area contributed by atoms with Crippen molar-refractivity contribution in [2.75, 3.05) is 4.72 Å². The molecule has 2 aromatic carbocycles. The molecule has 1 amide bonds. The number of rotatable bonds is 6. The van der Waals surface area contributed by atoms with Crippen LogP contribution in [0.5, 0.6) is 0 Å². The second-order valence-electron chi connectivity index (χ2n) is 6.74. The van der Waals surface area contributed by atoms with Crippen LogP contribution in [0.25, 0.3) is 0 Å². The average molecular weight is 375 g/mol. The Labute approximate surface area is 155 Å². The highest BCUT2D eigenvalue weighted by molar-refractivity contribution is 7.92. The number of hydrogen-bond donors (Lipinski definition) is 2. The molecule has 2 aromatic rings. The van der Waals surface area contributed by atoms with E-state index < -0.39 is 10.0 Å². The Balaban J connectivity index is 2.36. The van der Waals surface area contributed by atoms with Crippen molar-refractivity contribution in [1.29, 1.82) is 0 Å². The Morgan fingerprint density at radius 3 is 2.23 bits per heavy atom. The molecule has 0 unspecified atom stereocenters. The van der Waals surface area contributed by atoms with Gasteiger partial charge in [0.15, 0.2) is 0 Å². The zero-order valence-electron chi connectivity index (χ0n) is 15.9. The zero-order chi connectivity index (χ0) is 19.5. The van der Waals surface area contributed by atoms with Crippen molar-refractivity contribution in [3.05, 3.63) is 58.7 Å². The maximum absolute atomic E-state index is 12.9. The van der Waals surface area contributed by atoms with E-state index in [0.29, 0.717) is 16.8 Å². The second-order valence-corrected chi connectivity index (χ2v) is 8.40. The Hall–Kier alpha value is -2.34. The number of aryl methyl sites for hydroxylation is 3. The smallest absolute Gasteiger partial charge is 0.262 e. The van der Waals surface area contributed by atoms with Crippen LogP contribution in [0.3, 0.4) is 0 Å². The van der Waals surface area contributed by atoms with Crippen molar-refractivity contribution in [3.63, 3.8) is 0 Å². The molecule has 0 aliphatic carbocycles. The molecule has 140 valence electrons. The largest absolute Gasteiger partial charge is 0.350 e. The summed E-state index contributed by atoms with van der Waals surface area (Å²) in [6, 6.07) is 10.3. The van der Waals surface area contributed by atoms with Gasteiger partial charge in [0.25, 0.3) is 15.9 Å². The maximum Gasteiger partial charge on any atom is 0.262 e. The highest BCUT2D eigenvalue weighted by atomic mass is 32.2. The molecule has 5 nitrogen and oxygen atoms in total. The zero-order valence-corrected chi connectivity index (χ0v) is 16.7. The van der Waals surface area contributed by atoms with E-state index in [-0.39, 0.29) is 16.8 Å². The van der Waals surface area contributed by atoms with Crippen molar-refractivity contribution in [3.8, 4) is 0 Å². The van der Waals surface area contributed by atoms with E-state index in [1.807, 2.05) is 33.8 Å². The second kappa shape index (κ2) is 7.91. The van der Waals surface area contributed by atoms with Gasteiger partial charge in [0.05, 0.1) is 4.90 Å². The lowest BCUT2D eigenvalue weighted by molar-refractivity contribution is 0.0939. The molecule has 0 saturated heterocycles. The van der Waals surface area contributed by atoms with Gasteiger partial charge >= 0.3 is 0 Å². The number of anilines is 1. The van der Waals surface area contributed by atoms with Gasteiger partial charge in [0.2, 0.25) is 0 Å². The Bertz CT molecular complexity index is 900. The van der Waals surface area contributed by atoms with Gasteiger partial charge in [-0.1, -0.05) is 19.1 Å². The summed E-state index contributed by atoms with van der Waals surface area (Å²) >= 11 is 0. The summed E-state index contributed by atoms with van der Waals surface area (Å²) in [6.07, 6.45) is 0.803. The monoisotopic (exact) mass is 374 g/mol. The van der Waals surface area contributed by atoms with Gasteiger partial charge in [-0.15, -0.1) is 0 Å². The van der Waals surface area contributed by atoms with E-state index in [9.17, 15) is 13.2 Å². The first-order valence-electron chi connectivity index (χ1n) is 8.65. The van der Waals surface area contributed by atoms with Gasteiger partial charge in [-0.2, -0.15) is 0 Å². The Morgan fingerprint density at radius 1 is 1.04 bits per heavy atom. The van der Waals surface area contributed by atoms with Crippen LogP contribution in [0, 0.1) is 20.8 Å². The number of amides is 1. The molecule has 6 heteroatoms. The van der Waals surface area contributed by atoms with Crippen LogP contribution in [0.4, 0.5) is 5.69 Å². The van der Waals surface area contributed by atoms with E-state index in [4.69, 9.17) is 0 Å². The van der Waals surface area contributed by atoms with Crippen molar-refractivity contribution >= 4 is 21.6 Å². The first-order valence-corrected chi connectivity index (χ1v) is 10.1. The lowest BCUT2D eigenvalue weighted by atomic mass is 10.1. The minimum absolute atomic E-state index is 0.0252. The fourth-order valence-electron chi connectivity index (χ4n) is 2.68. The summed E-state index contributed by atoms with van der Waals surface area (Å²) in [7, 11) is -3.80. The topological polar surface area (TPSA) is 75.3 Å². The summed E-state index contributed by atoms with van der Waals surface area (Å²) in [4.78, 5) is 12.4. The lowest BCUT2D eigenvalue weighted by Gasteiger charge is -2.14. The van der Waals surface area contributed by atoms with Gasteiger partial charge in [-0.05, 0) is 75.1 Å². The normalized spacial score (nSPS) is 12.5. The molecule has 0 bridgehead atoms. The third kappa shape index (κ3) is 4.85. The van der Waals surface area contributed by atoms with E-state index in [0.717, 1.165) is 17.5 Å². The van der Waals surface area contributed by atoms with Gasteiger partial charge < -0.3 is 5.32 Å². The van der Waals surface area contributed by atoms with Crippen molar-refractivity contribution in [2.45, 2.75) is 52.0 Å². The molecule has 26 heavy (non-hydrogen) atoms. The quantitative estimate of drug-likeness (QED) is 0.804. The van der Waals surface area contributed by atoms with Crippen LogP contribution in [0.15, 0.2) is 41.3 Å². The molecule has 0 aliphatic heterocycles. The van der Waals surface area contributed by atoms with E-state index >= 15 is 0 Å². The van der Waals surface area contributed by atoms with Crippen molar-refractivity contribution in [1.82, 2.24) is 5.32 Å². The minimum Gasteiger partial charge on any atom is -0.350 e. The van der Waals surface area contributed by atoms with Gasteiger partial charge in [-0.3, -0.25) is 9.52 Å². The summed E-state index contributed by atoms with van der Waals surface area (Å²) in [5.74, 6) is -0.276. The Morgan fingerprint density at radius 2 is 1.65 bits per heavy atom. The van der Waals surface area contributed by atoms with Crippen LogP contribution >= 0.6 is 0 Å². The summed E-state index contributed by atoms with van der Waals surface area (Å²) in [6.45, 7) is 9.42. The van der Waals surface area contributed by atoms with Crippen LogP contribution < -0.4 is 10.0 Å². The maximum atomic E-state index is 12.9. The molecule has 0 aliphatic rings. The van der Waals surface area contributed by atoms with Crippen molar-refractivity contribution < 1.29 is 13.2 Å². The van der Waals surface area contributed by atoms with Crippen molar-refractivity contribution in [2.24, 2.45) is 0 Å². The molecule has 0 heterocycles. The predicted molar refractivity (Wildman–Crippen MR) is 105 cm³/mol. The molecule has 0 spiro atoms. The number of hydrogen-bond acceptors (Lipinski definition) is 3. The third-order valence-electron chi connectivity index (χ3n) is 4.20. The molecule has 0 aromatic heterocycles. The fraction of sp³-hybridized carbons (Fsp3) is 0.350. The molecular weight excluding hydrogens is 348 g/mol. The lowest BCUT2D eigenvalue weighted by Crippen LogP contribution is -2.32. The summed E-state index contributed by atoms with van der Waals surface area (Å²) in [5, 5.41) is 2.85. The predicted octanol–water partition coefficient (Wildman–Crippen LogP) is 3.94. The SMILES string of the molecule is CC[C@H](C)NC(=O)c1ccc(C)c(S(=O)(=O)Nc2cc(C)cc(C)c2)c1. The number of carbonyl (C=O) groups is 1. The summed E-state index contributed by atoms with van der Waals surface area (Å²) in [5.41, 5.74) is 3.37. The van der Waals surface area contributed by atoms with Gasteiger partial charge in [0.1, 0.15) is 0 Å². The first-order chi connectivity index (χ1) is 12.1. The Kier molecular flexibility index (Phi) is 6.08. The average Bonchev–Trinajstić information content (AvgIpc) is 2.53. The molecule has 0 saturated carbocycles. The highest BCUT2D eigenvalue weighted by Gasteiger charge is 2.20. The molecular formula is C20H26N2O3S. The van der Waals surface area contributed by atoms with Gasteiger partial charge in [0, 0.05) is 17.3 Å². The number of sulfonamides is 1. The number of carbonyl (C=O) groups excluding carboxylic acids is 1. The molecule has 2 rings (SSSR count). The standard InChI is InChI=1S/C20H26N2O3S/c1-6-16(5)21-20(23)17-8-7-15(4)19(12-17)26(24,25)22-18-10-13(2)9-14(3)11-18/h7-12,16,22H,6H2,1-5H3,(H,21,23)/t16-/m0/s1. The van der Waals surface area contributed by atoms with Crippen LogP contribution in [0.2, 0.25) is 0 Å². The molecule has 0 radical (unpaired) electrons. The third-order valence-corrected chi connectivity index (χ3v) is 5.73. The van der Waals surface area contributed by atoms with Crippen LogP contribution in [-0.2, 0) is 10.0 Å². The van der Waals surface area contributed by atoms with Crippen LogP contribution in [0.1, 0.15) is 47.3 Å². The molecule has 2 N–H and O–H groups in total.